The summed E-state index contributed by atoms with van der Waals surface area (Å²) in [6.07, 6.45) is 0. The van der Waals surface area contributed by atoms with E-state index in [2.05, 4.69) is 9.97 Å². The number of rotatable bonds is 3. The summed E-state index contributed by atoms with van der Waals surface area (Å²) in [5.74, 6) is 0.629. The van der Waals surface area contributed by atoms with Crippen LogP contribution in [0.2, 0.25) is 5.02 Å². The molecule has 0 unspecified atom stereocenters. The maximum absolute atomic E-state index is 12.2. The molecule has 0 bridgehead atoms. The van der Waals surface area contributed by atoms with Gasteiger partial charge in [-0.3, -0.25) is 9.78 Å². The molecule has 4 nitrogen and oxygen atoms in total. The summed E-state index contributed by atoms with van der Waals surface area (Å²) in [5.41, 5.74) is 2.24. The fraction of sp³-hybridized carbons (Fsp3) is 0.0588. The molecule has 0 saturated heterocycles. The molecular formula is C17H11ClN2O2S. The van der Waals surface area contributed by atoms with E-state index >= 15 is 0 Å². The molecule has 0 atom stereocenters. The number of thioether (sulfide) groups is 1. The van der Waals surface area contributed by atoms with Gasteiger partial charge in [-0.15, -0.1) is 0 Å². The van der Waals surface area contributed by atoms with Crippen LogP contribution in [-0.4, -0.2) is 9.97 Å². The second-order valence-corrected chi connectivity index (χ2v) is 6.40. The monoisotopic (exact) mass is 342 g/mol. The molecule has 2 aromatic heterocycles. The molecule has 0 saturated carbocycles. The predicted octanol–water partition coefficient (Wildman–Crippen LogP) is 4.62. The van der Waals surface area contributed by atoms with Gasteiger partial charge in [0.15, 0.2) is 5.16 Å². The third kappa shape index (κ3) is 2.62. The first-order valence-electron chi connectivity index (χ1n) is 7.00. The minimum absolute atomic E-state index is 0.258. The Morgan fingerprint density at radius 3 is 2.78 bits per heavy atom. The lowest BCUT2D eigenvalue weighted by Crippen LogP contribution is -2.07. The van der Waals surface area contributed by atoms with Crippen LogP contribution in [0.15, 0.2) is 62.9 Å². The number of nitrogens with one attached hydrogen (secondary N) is 1. The van der Waals surface area contributed by atoms with Gasteiger partial charge in [0.2, 0.25) is 5.58 Å². The fourth-order valence-corrected chi connectivity index (χ4v) is 3.56. The number of benzene rings is 2. The van der Waals surface area contributed by atoms with Crippen molar-refractivity contribution >= 4 is 45.4 Å². The standard InChI is InChI=1S/C17H11ClN2O2S/c18-12-7-3-1-5-10(12)9-23-17-19-14-11-6-2-4-8-13(11)22-15(14)16(21)20-17/h1-8H,9H2,(H,19,20,21). The molecule has 4 rings (SSSR count). The zero-order chi connectivity index (χ0) is 15.8. The number of fused-ring (bicyclic) bond motifs is 3. The van der Waals surface area contributed by atoms with Gasteiger partial charge in [0.1, 0.15) is 11.1 Å². The number of H-pyrrole nitrogens is 1. The van der Waals surface area contributed by atoms with Gasteiger partial charge < -0.3 is 4.42 Å². The van der Waals surface area contributed by atoms with Crippen molar-refractivity contribution in [1.29, 1.82) is 0 Å². The highest BCUT2D eigenvalue weighted by Crippen LogP contribution is 2.28. The van der Waals surface area contributed by atoms with Crippen LogP contribution in [0.3, 0.4) is 0 Å². The second-order valence-electron chi connectivity index (χ2n) is 5.03. The minimum Gasteiger partial charge on any atom is -0.449 e. The van der Waals surface area contributed by atoms with Gasteiger partial charge in [0.25, 0.3) is 5.56 Å². The molecule has 1 N–H and O–H groups in total. The van der Waals surface area contributed by atoms with Crippen molar-refractivity contribution in [3.63, 3.8) is 0 Å². The average molecular weight is 343 g/mol. The van der Waals surface area contributed by atoms with E-state index in [1.807, 2.05) is 48.5 Å². The number of aromatic nitrogens is 2. The molecule has 2 aromatic carbocycles. The molecule has 114 valence electrons. The highest BCUT2D eigenvalue weighted by molar-refractivity contribution is 7.98. The molecule has 23 heavy (non-hydrogen) atoms. The van der Waals surface area contributed by atoms with Gasteiger partial charge in [0, 0.05) is 16.2 Å². The SMILES string of the molecule is O=c1[nH]c(SCc2ccccc2Cl)nc2c1oc1ccccc12. The number of halogens is 1. The molecular weight excluding hydrogens is 332 g/mol. The fourth-order valence-electron chi connectivity index (χ4n) is 2.41. The average Bonchev–Trinajstić information content (AvgIpc) is 2.94. The van der Waals surface area contributed by atoms with Crippen molar-refractivity contribution in [2.45, 2.75) is 10.9 Å². The predicted molar refractivity (Wildman–Crippen MR) is 93.1 cm³/mol. The molecule has 0 spiro atoms. The molecule has 6 heteroatoms. The first-order valence-corrected chi connectivity index (χ1v) is 8.36. The Morgan fingerprint density at radius 2 is 1.91 bits per heavy atom. The third-order valence-electron chi connectivity index (χ3n) is 3.53. The number of aromatic amines is 1. The van der Waals surface area contributed by atoms with Gasteiger partial charge in [-0.1, -0.05) is 53.7 Å². The lowest BCUT2D eigenvalue weighted by Gasteiger charge is -2.03. The summed E-state index contributed by atoms with van der Waals surface area (Å²) in [4.78, 5) is 19.5. The quantitative estimate of drug-likeness (QED) is 0.436. The molecule has 0 aliphatic heterocycles. The van der Waals surface area contributed by atoms with Crippen molar-refractivity contribution in [1.82, 2.24) is 9.97 Å². The van der Waals surface area contributed by atoms with E-state index in [9.17, 15) is 4.79 Å². The molecule has 0 fully saturated rings. The van der Waals surface area contributed by atoms with E-state index < -0.39 is 0 Å². The van der Waals surface area contributed by atoms with E-state index in [0.717, 1.165) is 10.9 Å². The molecule has 0 aliphatic rings. The Balaban J connectivity index is 1.75. The topological polar surface area (TPSA) is 58.9 Å². The Hall–Kier alpha value is -2.24. The Morgan fingerprint density at radius 1 is 1.13 bits per heavy atom. The largest absolute Gasteiger partial charge is 0.449 e. The van der Waals surface area contributed by atoms with Crippen LogP contribution in [0.5, 0.6) is 0 Å². The summed E-state index contributed by atoms with van der Waals surface area (Å²) < 4.78 is 5.58. The van der Waals surface area contributed by atoms with Gasteiger partial charge in [0.05, 0.1) is 0 Å². The van der Waals surface area contributed by atoms with Gasteiger partial charge >= 0.3 is 0 Å². The molecule has 0 amide bonds. The lowest BCUT2D eigenvalue weighted by atomic mass is 10.2. The Labute approximate surface area is 140 Å². The smallest absolute Gasteiger partial charge is 0.295 e. The molecule has 2 heterocycles. The van der Waals surface area contributed by atoms with Crippen molar-refractivity contribution in [2.24, 2.45) is 0 Å². The van der Waals surface area contributed by atoms with Crippen LogP contribution in [-0.2, 0) is 5.75 Å². The minimum atomic E-state index is -0.271. The second kappa shape index (κ2) is 5.76. The number of furan rings is 1. The normalized spacial score (nSPS) is 11.3. The van der Waals surface area contributed by atoms with E-state index in [0.29, 0.717) is 27.0 Å². The number of para-hydroxylation sites is 1. The van der Waals surface area contributed by atoms with Crippen LogP contribution in [0.1, 0.15) is 5.56 Å². The van der Waals surface area contributed by atoms with Gasteiger partial charge in [-0.2, -0.15) is 0 Å². The first kappa shape index (κ1) is 14.4. The van der Waals surface area contributed by atoms with Crippen LogP contribution in [0.25, 0.3) is 22.1 Å². The summed E-state index contributed by atoms with van der Waals surface area (Å²) in [7, 11) is 0. The van der Waals surface area contributed by atoms with Crippen LogP contribution in [0, 0.1) is 0 Å². The zero-order valence-electron chi connectivity index (χ0n) is 11.9. The summed E-state index contributed by atoms with van der Waals surface area (Å²) in [5, 5.41) is 2.10. The van der Waals surface area contributed by atoms with E-state index in [1.54, 1.807) is 0 Å². The van der Waals surface area contributed by atoms with Crippen molar-refractivity contribution in [3.8, 4) is 0 Å². The molecule has 0 radical (unpaired) electrons. The van der Waals surface area contributed by atoms with Gasteiger partial charge in [-0.25, -0.2) is 4.98 Å². The Kier molecular flexibility index (Phi) is 3.59. The van der Waals surface area contributed by atoms with Gasteiger partial charge in [-0.05, 0) is 23.8 Å². The van der Waals surface area contributed by atoms with E-state index in [1.165, 1.54) is 11.8 Å². The van der Waals surface area contributed by atoms with E-state index in [4.69, 9.17) is 16.0 Å². The highest BCUT2D eigenvalue weighted by Gasteiger charge is 2.13. The Bertz CT molecular complexity index is 1070. The number of hydrogen-bond donors (Lipinski definition) is 1. The van der Waals surface area contributed by atoms with Crippen molar-refractivity contribution in [2.75, 3.05) is 0 Å². The lowest BCUT2D eigenvalue weighted by molar-refractivity contribution is 0.658. The van der Waals surface area contributed by atoms with Crippen LogP contribution in [0.4, 0.5) is 0 Å². The van der Waals surface area contributed by atoms with Crippen molar-refractivity contribution in [3.05, 3.63) is 69.5 Å². The maximum Gasteiger partial charge on any atom is 0.295 e. The number of hydrogen-bond acceptors (Lipinski definition) is 4. The van der Waals surface area contributed by atoms with E-state index in [-0.39, 0.29) is 11.1 Å². The molecule has 0 aliphatic carbocycles. The third-order valence-corrected chi connectivity index (χ3v) is 4.82. The first-order chi connectivity index (χ1) is 11.2. The summed E-state index contributed by atoms with van der Waals surface area (Å²) >= 11 is 7.59. The maximum atomic E-state index is 12.2. The van der Waals surface area contributed by atoms with Crippen LogP contribution >= 0.6 is 23.4 Å². The number of nitrogens with zero attached hydrogens (tertiary/aromatic N) is 1. The highest BCUT2D eigenvalue weighted by atomic mass is 35.5. The van der Waals surface area contributed by atoms with Crippen LogP contribution < -0.4 is 5.56 Å². The molecule has 4 aromatic rings. The zero-order valence-corrected chi connectivity index (χ0v) is 13.4. The summed E-state index contributed by atoms with van der Waals surface area (Å²) in [6, 6.07) is 15.1. The van der Waals surface area contributed by atoms with Crippen molar-refractivity contribution < 1.29 is 4.42 Å². The summed E-state index contributed by atoms with van der Waals surface area (Å²) in [6.45, 7) is 0.